The van der Waals surface area contributed by atoms with Crippen LogP contribution in [0.1, 0.15) is 18.9 Å². The highest BCUT2D eigenvalue weighted by Gasteiger charge is 2.50. The molecule has 4 aromatic heterocycles. The quantitative estimate of drug-likeness (QED) is 0.120. The van der Waals surface area contributed by atoms with E-state index < -0.39 is 68.2 Å². The van der Waals surface area contributed by atoms with E-state index in [1.165, 1.54) is 6.33 Å². The summed E-state index contributed by atoms with van der Waals surface area (Å²) in [6, 6.07) is 1.75. The minimum atomic E-state index is -4.08. The van der Waals surface area contributed by atoms with Crippen molar-refractivity contribution < 1.29 is 37.6 Å². The molecule has 3 aliphatic heterocycles. The molecule has 9 atom stereocenters. The Bertz CT molecular complexity index is 1910. The third-order valence-electron chi connectivity index (χ3n) is 7.68. The van der Waals surface area contributed by atoms with Crippen LogP contribution in [-0.4, -0.2) is 93.3 Å². The zero-order valence-electron chi connectivity index (χ0n) is 22.4. The number of nitrogens with one attached hydrogen (secondary N) is 1. The monoisotopic (exact) mass is 688 g/mol. The predicted molar refractivity (Wildman–Crippen MR) is 159 cm³/mol. The van der Waals surface area contributed by atoms with Crippen molar-refractivity contribution in [2.45, 2.75) is 43.3 Å². The average molecular weight is 689 g/mol. The summed E-state index contributed by atoms with van der Waals surface area (Å²) in [4.78, 5) is 38.3. The molecule has 2 bridgehead atoms. The van der Waals surface area contributed by atoms with Gasteiger partial charge in [0.25, 0.3) is 5.56 Å². The number of hydrogen-bond donors (Lipinski definition) is 6. The number of nitrogens with zero attached hydrogens (tertiary/aromatic N) is 7. The first-order chi connectivity index (χ1) is 20.9. The first-order valence-electron chi connectivity index (χ1n) is 13.2. The fraction of sp³-hybridized carbons (Fsp3) is 0.524. The summed E-state index contributed by atoms with van der Waals surface area (Å²) in [6.07, 6.45) is -2.93. The molecule has 3 fully saturated rings. The molecule has 3 aliphatic rings. The molecule has 7 rings (SSSR count). The van der Waals surface area contributed by atoms with E-state index in [0.29, 0.717) is 16.9 Å². The lowest BCUT2D eigenvalue weighted by atomic mass is 10.0. The molecule has 0 spiro atoms. The fourth-order valence-electron chi connectivity index (χ4n) is 5.64. The number of nitrogen functional groups attached to an aromatic ring is 2. The van der Waals surface area contributed by atoms with Gasteiger partial charge in [0.05, 0.1) is 24.7 Å². The molecule has 4 aromatic rings. The normalized spacial score (nSPS) is 36.6. The smallest absolute Gasteiger partial charge is 0.386 e. The number of hydrogen-bond acceptors (Lipinski definition) is 16. The Labute approximate surface area is 257 Å². The molecule has 7 N–H and O–H groups in total. The molecule has 0 aliphatic carbocycles. The van der Waals surface area contributed by atoms with Crippen molar-refractivity contribution in [3.8, 4) is 0 Å². The molecule has 3 saturated heterocycles. The number of H-pyrrole nitrogens is 1. The second kappa shape index (κ2) is 11.1. The van der Waals surface area contributed by atoms with Gasteiger partial charge in [-0.25, -0.2) is 14.5 Å². The fourth-order valence-corrected chi connectivity index (χ4v) is 9.28. The second-order valence-electron chi connectivity index (χ2n) is 10.5. The maximum absolute atomic E-state index is 13.4. The maximum Gasteiger partial charge on any atom is 0.386 e. The minimum Gasteiger partial charge on any atom is -0.390 e. The Morgan fingerprint density at radius 3 is 2.75 bits per heavy atom. The lowest BCUT2D eigenvalue weighted by Crippen LogP contribution is -2.32. The first-order valence-corrected chi connectivity index (χ1v) is 18.7. The van der Waals surface area contributed by atoms with Crippen LogP contribution in [0.25, 0.3) is 22.2 Å². The lowest BCUT2D eigenvalue weighted by molar-refractivity contribution is -0.0517. The molecule has 7 heterocycles. The maximum atomic E-state index is 13.4. The summed E-state index contributed by atoms with van der Waals surface area (Å²) in [5.41, 5.74) is 11.4. The number of fused-ring (bicyclic) bond motifs is 5. The van der Waals surface area contributed by atoms with Crippen LogP contribution >= 0.6 is 25.5 Å². The van der Waals surface area contributed by atoms with E-state index in [4.69, 9.17) is 46.3 Å². The predicted octanol–water partition coefficient (Wildman–Crippen LogP) is 0.0576. The van der Waals surface area contributed by atoms with Gasteiger partial charge < -0.3 is 40.0 Å². The molecular weight excluding hydrogens is 662 g/mol. The van der Waals surface area contributed by atoms with Crippen molar-refractivity contribution in [1.29, 1.82) is 0 Å². The van der Waals surface area contributed by atoms with Crippen LogP contribution in [0.3, 0.4) is 0 Å². The number of aliphatic hydroxyl groups is 1. The summed E-state index contributed by atoms with van der Waals surface area (Å²) in [5.74, 6) is -0.845. The van der Waals surface area contributed by atoms with Crippen LogP contribution in [0.15, 0.2) is 23.4 Å². The van der Waals surface area contributed by atoms with E-state index in [2.05, 4.69) is 42.5 Å². The van der Waals surface area contributed by atoms with Gasteiger partial charge in [-0.1, -0.05) is 17.5 Å². The third kappa shape index (κ3) is 5.45. The largest absolute Gasteiger partial charge is 0.390 e. The second-order valence-corrected chi connectivity index (χ2v) is 17.0. The summed E-state index contributed by atoms with van der Waals surface area (Å²) >= 11 is 9.65. The van der Waals surface area contributed by atoms with E-state index in [9.17, 15) is 19.4 Å². The summed E-state index contributed by atoms with van der Waals surface area (Å²) in [7, 11) is 0. The number of aromatic amines is 1. The van der Waals surface area contributed by atoms with E-state index in [1.54, 1.807) is 16.8 Å². The van der Waals surface area contributed by atoms with Gasteiger partial charge in [0.15, 0.2) is 23.9 Å². The van der Waals surface area contributed by atoms with Crippen molar-refractivity contribution in [1.82, 2.24) is 39.5 Å². The third-order valence-corrected chi connectivity index (χ3v) is 11.5. The average Bonchev–Trinajstić information content (AvgIpc) is 3.72. The van der Waals surface area contributed by atoms with Gasteiger partial charge in [-0.05, 0) is 17.9 Å². The number of ether oxygens (including phenoxy) is 2. The number of nitrogens with two attached hydrogens (primary N) is 2. The molecule has 19 nitrogen and oxygen atoms in total. The van der Waals surface area contributed by atoms with Gasteiger partial charge in [0.2, 0.25) is 5.95 Å². The number of thiol groups is 1. The van der Waals surface area contributed by atoms with Crippen LogP contribution in [0.2, 0.25) is 0 Å². The SMILES string of the molecule is Nc1nc2c(nnn2[C@@H]2O[C@@H]3COP(=O)(S)O[C@H]4C[C@H](n5ccc6c(N)ncnc65)OC4COP(O)(=S)C[C@@H]2[C@@H]3O)c(=O)[nH]1. The number of aromatic nitrogens is 8. The van der Waals surface area contributed by atoms with Crippen LogP contribution < -0.4 is 17.0 Å². The van der Waals surface area contributed by atoms with Crippen LogP contribution in [0, 0.1) is 5.92 Å². The van der Waals surface area contributed by atoms with Crippen LogP contribution in [0.4, 0.5) is 11.8 Å². The lowest BCUT2D eigenvalue weighted by Gasteiger charge is -2.27. The van der Waals surface area contributed by atoms with Crippen molar-refractivity contribution in [2.75, 3.05) is 30.8 Å². The highest BCUT2D eigenvalue weighted by atomic mass is 32.7. The van der Waals surface area contributed by atoms with Crippen molar-refractivity contribution >= 4 is 71.3 Å². The highest BCUT2D eigenvalue weighted by molar-refractivity contribution is 8.44. The van der Waals surface area contributed by atoms with E-state index >= 15 is 0 Å². The molecule has 44 heavy (non-hydrogen) atoms. The minimum absolute atomic E-state index is 0.0238. The van der Waals surface area contributed by atoms with Gasteiger partial charge in [-0.3, -0.25) is 18.8 Å². The molecule has 3 unspecified atom stereocenters. The summed E-state index contributed by atoms with van der Waals surface area (Å²) in [5, 5.41) is 19.7. The number of aliphatic hydroxyl groups excluding tert-OH is 1. The Hall–Kier alpha value is -2.55. The topological polar surface area (TPSA) is 263 Å². The Morgan fingerprint density at radius 1 is 1.14 bits per heavy atom. The van der Waals surface area contributed by atoms with Gasteiger partial charge in [0.1, 0.15) is 42.3 Å². The van der Waals surface area contributed by atoms with Gasteiger partial charge in [0, 0.05) is 24.7 Å². The van der Waals surface area contributed by atoms with Gasteiger partial charge >= 0.3 is 6.80 Å². The number of rotatable bonds is 2. The molecule has 0 amide bonds. The van der Waals surface area contributed by atoms with Crippen molar-refractivity contribution in [3.63, 3.8) is 0 Å². The first kappa shape index (κ1) is 30.1. The molecule has 23 heteroatoms. The summed E-state index contributed by atoms with van der Waals surface area (Å²) < 4.78 is 45.8. The van der Waals surface area contributed by atoms with E-state index in [1.807, 2.05) is 0 Å². The summed E-state index contributed by atoms with van der Waals surface area (Å²) in [6.45, 7) is -8.41. The molecule has 0 radical (unpaired) electrons. The molecule has 236 valence electrons. The van der Waals surface area contributed by atoms with Crippen LogP contribution in [-0.2, 0) is 39.4 Å². The Balaban J connectivity index is 1.19. The highest BCUT2D eigenvalue weighted by Crippen LogP contribution is 2.58. The molecule has 0 saturated carbocycles. The number of anilines is 2. The Kier molecular flexibility index (Phi) is 7.57. The molecular formula is C21H26N10O9P2S2. The van der Waals surface area contributed by atoms with E-state index in [-0.39, 0.29) is 36.3 Å². The van der Waals surface area contributed by atoms with E-state index in [0.717, 1.165) is 4.68 Å². The van der Waals surface area contributed by atoms with Crippen molar-refractivity contribution in [2.24, 2.45) is 5.92 Å². The van der Waals surface area contributed by atoms with Crippen LogP contribution in [0.5, 0.6) is 0 Å². The zero-order valence-corrected chi connectivity index (χ0v) is 25.9. The van der Waals surface area contributed by atoms with Gasteiger partial charge in [-0.15, -0.1) is 5.10 Å². The zero-order chi connectivity index (χ0) is 31.0. The van der Waals surface area contributed by atoms with Crippen molar-refractivity contribution in [3.05, 3.63) is 28.9 Å². The Morgan fingerprint density at radius 2 is 1.93 bits per heavy atom. The van der Waals surface area contributed by atoms with Gasteiger partial charge in [-0.2, -0.15) is 9.67 Å². The molecule has 0 aromatic carbocycles. The standard InChI is InChI=1S/C21H26N10O9P2S2/c22-16-8-1-2-30(17(8)25-7-24-16)13-3-10-11(38-13)4-36-41(34,43)6-9-15(32)12(5-37-42(35,44)40-10)39-20(9)31-18-14(28-29-31)19(33)27-21(23)26-18/h1-2,7,9-13,15,20,32H,3-6H2,(H,34,43)(H,35,44)(H2,22,24,25)(H3,23,26,27,33)/t9-,10+,11?,12-,13-,15+,20-,41?,42?/m1/s1.